The predicted octanol–water partition coefficient (Wildman–Crippen LogP) is 2.52. The summed E-state index contributed by atoms with van der Waals surface area (Å²) in [6.45, 7) is 11.1. The van der Waals surface area contributed by atoms with Crippen LogP contribution in [0, 0.1) is 0 Å². The topological polar surface area (TPSA) is 21.8 Å². The lowest BCUT2D eigenvalue weighted by molar-refractivity contribution is 0.0521. The fraction of sp³-hybridized carbons (Fsp3) is 1.00. The number of ether oxygens (including phenoxy) is 2. The van der Waals surface area contributed by atoms with E-state index in [9.17, 15) is 0 Å². The van der Waals surface area contributed by atoms with Crippen LogP contribution in [0.3, 0.4) is 0 Å². The summed E-state index contributed by atoms with van der Waals surface area (Å²) in [7, 11) is -0.872. The van der Waals surface area contributed by atoms with Gasteiger partial charge in [0, 0.05) is 8.07 Å². The van der Waals surface area contributed by atoms with E-state index in [4.69, 9.17) is 9.47 Å². The number of epoxide rings is 1. The number of hydrogen-bond acceptors (Lipinski definition) is 2. The lowest BCUT2D eigenvalue weighted by Gasteiger charge is -2.19. The number of rotatable bonds is 6. The van der Waals surface area contributed by atoms with Crippen LogP contribution in [0.25, 0.3) is 0 Å². The second kappa shape index (κ2) is 4.58. The van der Waals surface area contributed by atoms with Gasteiger partial charge in [-0.15, -0.1) is 0 Å². The lowest BCUT2D eigenvalue weighted by Crippen LogP contribution is -2.22. The van der Waals surface area contributed by atoms with Crippen molar-refractivity contribution in [3.05, 3.63) is 0 Å². The molecule has 1 fully saturated rings. The molecule has 0 aromatic heterocycles. The second-order valence-corrected chi connectivity index (χ2v) is 10.8. The first kappa shape index (κ1) is 11.2. The van der Waals surface area contributed by atoms with Crippen LogP contribution in [0.5, 0.6) is 0 Å². The van der Waals surface area contributed by atoms with Gasteiger partial charge in [-0.1, -0.05) is 25.7 Å². The van der Waals surface area contributed by atoms with Gasteiger partial charge in [0.05, 0.1) is 19.3 Å². The maximum Gasteiger partial charge on any atom is 0.104 e. The minimum absolute atomic E-state index is 0.411. The molecule has 2 nitrogen and oxygen atoms in total. The Labute approximate surface area is 82.6 Å². The van der Waals surface area contributed by atoms with Crippen molar-refractivity contribution in [1.82, 2.24) is 0 Å². The molecule has 2 atom stereocenters. The molecule has 0 amide bonds. The largest absolute Gasteiger partial charge is 0.376 e. The fourth-order valence-electron chi connectivity index (χ4n) is 1.16. The maximum atomic E-state index is 5.66. The van der Waals surface area contributed by atoms with Crippen LogP contribution >= 0.6 is 0 Å². The smallest absolute Gasteiger partial charge is 0.104 e. The van der Waals surface area contributed by atoms with Gasteiger partial charge in [-0.25, -0.2) is 0 Å². The van der Waals surface area contributed by atoms with E-state index in [1.807, 2.05) is 0 Å². The van der Waals surface area contributed by atoms with Gasteiger partial charge in [0.1, 0.15) is 6.10 Å². The van der Waals surface area contributed by atoms with Gasteiger partial charge in [0.2, 0.25) is 0 Å². The first-order valence-corrected chi connectivity index (χ1v) is 8.91. The van der Waals surface area contributed by atoms with E-state index in [1.54, 1.807) is 0 Å². The van der Waals surface area contributed by atoms with Crippen LogP contribution in [0.2, 0.25) is 25.7 Å². The molecule has 78 valence electrons. The molecule has 0 radical (unpaired) electrons. The second-order valence-electron chi connectivity index (χ2n) is 5.20. The van der Waals surface area contributed by atoms with Crippen molar-refractivity contribution in [2.45, 2.75) is 51.2 Å². The molecule has 1 rings (SSSR count). The Hall–Kier alpha value is 0.137. The summed E-state index contributed by atoms with van der Waals surface area (Å²) >= 11 is 0. The van der Waals surface area contributed by atoms with Crippen LogP contribution in [-0.4, -0.2) is 33.5 Å². The van der Waals surface area contributed by atoms with E-state index in [0.717, 1.165) is 13.2 Å². The first-order chi connectivity index (χ1) is 5.97. The van der Waals surface area contributed by atoms with E-state index in [0.29, 0.717) is 12.2 Å². The minimum Gasteiger partial charge on any atom is -0.376 e. The molecule has 0 aromatic carbocycles. The molecule has 3 heteroatoms. The van der Waals surface area contributed by atoms with Gasteiger partial charge >= 0.3 is 0 Å². The van der Waals surface area contributed by atoms with E-state index in [2.05, 4.69) is 26.6 Å². The maximum absolute atomic E-state index is 5.66. The monoisotopic (exact) mass is 202 g/mol. The minimum atomic E-state index is -0.872. The summed E-state index contributed by atoms with van der Waals surface area (Å²) in [5.74, 6) is 0. The van der Waals surface area contributed by atoms with Crippen molar-refractivity contribution in [2.24, 2.45) is 0 Å². The molecule has 1 saturated heterocycles. The van der Waals surface area contributed by atoms with E-state index >= 15 is 0 Å². The van der Waals surface area contributed by atoms with Crippen LogP contribution < -0.4 is 0 Å². The third kappa shape index (κ3) is 6.24. The summed E-state index contributed by atoms with van der Waals surface area (Å²) in [4.78, 5) is 0. The molecular formula is C10H22O2Si. The van der Waals surface area contributed by atoms with Crippen molar-refractivity contribution in [2.75, 3.05) is 13.2 Å². The average Bonchev–Trinajstić information content (AvgIpc) is 2.78. The molecule has 1 aliphatic rings. The zero-order valence-corrected chi connectivity index (χ0v) is 10.3. The summed E-state index contributed by atoms with van der Waals surface area (Å²) in [5.41, 5.74) is 0. The van der Waals surface area contributed by atoms with Gasteiger partial charge in [-0.05, 0) is 13.3 Å². The van der Waals surface area contributed by atoms with Crippen molar-refractivity contribution >= 4 is 8.07 Å². The Morgan fingerprint density at radius 3 is 2.54 bits per heavy atom. The van der Waals surface area contributed by atoms with Crippen molar-refractivity contribution in [3.63, 3.8) is 0 Å². The van der Waals surface area contributed by atoms with Gasteiger partial charge in [-0.3, -0.25) is 0 Å². The third-order valence-electron chi connectivity index (χ3n) is 2.27. The van der Waals surface area contributed by atoms with Gasteiger partial charge in [0.25, 0.3) is 0 Å². The van der Waals surface area contributed by atoms with Crippen molar-refractivity contribution < 1.29 is 9.47 Å². The molecule has 0 bridgehead atoms. The van der Waals surface area contributed by atoms with Gasteiger partial charge < -0.3 is 9.47 Å². The standard InChI is InChI=1S/C10H22O2Si/c1-9(5-6-13(2,3)4)11-7-10-8-12-10/h9-10H,5-8H2,1-4H3. The molecule has 2 unspecified atom stereocenters. The fourth-order valence-corrected chi connectivity index (χ4v) is 2.43. The Morgan fingerprint density at radius 2 is 2.08 bits per heavy atom. The molecule has 0 saturated carbocycles. The Balaban J connectivity index is 1.99. The van der Waals surface area contributed by atoms with E-state index in [1.165, 1.54) is 12.5 Å². The van der Waals surface area contributed by atoms with Crippen molar-refractivity contribution in [3.8, 4) is 0 Å². The summed E-state index contributed by atoms with van der Waals surface area (Å²) < 4.78 is 10.7. The third-order valence-corrected chi connectivity index (χ3v) is 4.06. The van der Waals surface area contributed by atoms with E-state index in [-0.39, 0.29) is 0 Å². The van der Waals surface area contributed by atoms with E-state index < -0.39 is 8.07 Å². The molecule has 0 N–H and O–H groups in total. The molecular weight excluding hydrogens is 180 g/mol. The zero-order chi connectivity index (χ0) is 9.90. The van der Waals surface area contributed by atoms with Crippen LogP contribution in [0.15, 0.2) is 0 Å². The first-order valence-electron chi connectivity index (χ1n) is 5.20. The van der Waals surface area contributed by atoms with Gasteiger partial charge in [0.15, 0.2) is 0 Å². The predicted molar refractivity (Wildman–Crippen MR) is 57.9 cm³/mol. The molecule has 0 spiro atoms. The Morgan fingerprint density at radius 1 is 1.46 bits per heavy atom. The molecule has 0 aliphatic carbocycles. The van der Waals surface area contributed by atoms with Crippen LogP contribution in [0.1, 0.15) is 13.3 Å². The van der Waals surface area contributed by atoms with Gasteiger partial charge in [-0.2, -0.15) is 0 Å². The lowest BCUT2D eigenvalue weighted by atomic mass is 10.3. The molecule has 13 heavy (non-hydrogen) atoms. The molecule has 0 aromatic rings. The quantitative estimate of drug-likeness (QED) is 0.487. The Kier molecular flexibility index (Phi) is 3.95. The van der Waals surface area contributed by atoms with Crippen LogP contribution in [-0.2, 0) is 9.47 Å². The summed E-state index contributed by atoms with van der Waals surface area (Å²) in [6, 6.07) is 1.36. The highest BCUT2D eigenvalue weighted by atomic mass is 28.3. The summed E-state index contributed by atoms with van der Waals surface area (Å²) in [6.07, 6.45) is 2.04. The average molecular weight is 202 g/mol. The van der Waals surface area contributed by atoms with Crippen molar-refractivity contribution in [1.29, 1.82) is 0 Å². The highest BCUT2D eigenvalue weighted by Crippen LogP contribution is 2.16. The van der Waals surface area contributed by atoms with Crippen LogP contribution in [0.4, 0.5) is 0 Å². The normalized spacial score (nSPS) is 24.5. The summed E-state index contributed by atoms with van der Waals surface area (Å²) in [5, 5.41) is 0. The number of hydrogen-bond donors (Lipinski definition) is 0. The highest BCUT2D eigenvalue weighted by Gasteiger charge is 2.23. The Bertz CT molecular complexity index is 149. The zero-order valence-electron chi connectivity index (χ0n) is 9.30. The molecule has 1 heterocycles. The molecule has 1 aliphatic heterocycles. The highest BCUT2D eigenvalue weighted by molar-refractivity contribution is 6.76. The SMILES string of the molecule is CC(CC[Si](C)(C)C)OCC1CO1.